The third kappa shape index (κ3) is 4.72. The van der Waals surface area contributed by atoms with E-state index in [-0.39, 0.29) is 6.04 Å². The lowest BCUT2D eigenvalue weighted by molar-refractivity contribution is 0.193. The molecule has 4 nitrogen and oxygen atoms in total. The van der Waals surface area contributed by atoms with Gasteiger partial charge in [0.15, 0.2) is 0 Å². The predicted octanol–water partition coefficient (Wildman–Crippen LogP) is 5.97. The maximum Gasteiger partial charge on any atom is 0.0670 e. The van der Waals surface area contributed by atoms with Gasteiger partial charge in [0.1, 0.15) is 0 Å². The lowest BCUT2D eigenvalue weighted by atomic mass is 10.0. The van der Waals surface area contributed by atoms with Gasteiger partial charge >= 0.3 is 0 Å². The third-order valence-corrected chi connectivity index (χ3v) is 6.23. The van der Waals surface area contributed by atoms with E-state index in [0.717, 1.165) is 36.9 Å². The molecule has 2 atom stereocenters. The average Bonchev–Trinajstić information content (AvgIpc) is 3.24. The van der Waals surface area contributed by atoms with Gasteiger partial charge in [-0.3, -0.25) is 9.58 Å². The van der Waals surface area contributed by atoms with Crippen LogP contribution in [0.3, 0.4) is 0 Å². The summed E-state index contributed by atoms with van der Waals surface area (Å²) in [6, 6.07) is 16.3. The maximum atomic E-state index is 6.56. The van der Waals surface area contributed by atoms with Gasteiger partial charge in [0.2, 0.25) is 0 Å². The largest absolute Gasteiger partial charge is 0.361 e. The zero-order valence-corrected chi connectivity index (χ0v) is 18.4. The molecule has 0 amide bonds. The predicted molar refractivity (Wildman–Crippen MR) is 121 cm³/mol. The molecule has 7 heteroatoms. The van der Waals surface area contributed by atoms with Gasteiger partial charge in [-0.25, -0.2) is 0 Å². The topological polar surface area (TPSA) is 24.3 Å². The normalized spacial score (nSPS) is 18.8. The molecule has 0 radical (unpaired) electrons. The van der Waals surface area contributed by atoms with Crippen LogP contribution in [0, 0.1) is 0 Å². The zero-order chi connectivity index (χ0) is 20.4. The smallest absolute Gasteiger partial charge is 0.0670 e. The number of aromatic nitrogens is 2. The van der Waals surface area contributed by atoms with Crippen LogP contribution in [0.1, 0.15) is 24.6 Å². The second kappa shape index (κ2) is 8.97. The summed E-state index contributed by atoms with van der Waals surface area (Å²) >= 11 is 18.8. The fourth-order valence-electron chi connectivity index (χ4n) is 3.98. The number of nitrogens with zero attached hydrogens (tertiary/aromatic N) is 4. The van der Waals surface area contributed by atoms with Crippen molar-refractivity contribution in [3.63, 3.8) is 0 Å². The van der Waals surface area contributed by atoms with Crippen molar-refractivity contribution in [2.45, 2.75) is 19.0 Å². The van der Waals surface area contributed by atoms with E-state index in [9.17, 15) is 0 Å². The van der Waals surface area contributed by atoms with Crippen molar-refractivity contribution >= 4 is 40.5 Å². The minimum atomic E-state index is 0.171. The van der Waals surface area contributed by atoms with E-state index in [0.29, 0.717) is 16.1 Å². The standard InChI is InChI=1S/C22H23Cl3N4/c1-16(29-10-2-9-26-29)14-27-11-12-28(21-8-7-19(24)13-20(21)25)22(15-27)17-3-5-18(23)6-4-17/h2-10,13,16,22H,11-12,14-15H2,1H3/t16?,22-/m0/s1. The molecule has 0 saturated carbocycles. The molecule has 0 bridgehead atoms. The molecule has 0 aliphatic carbocycles. The van der Waals surface area contributed by atoms with E-state index in [4.69, 9.17) is 34.8 Å². The molecule has 4 rings (SSSR count). The first-order chi connectivity index (χ1) is 14.0. The van der Waals surface area contributed by atoms with E-state index in [1.807, 2.05) is 53.5 Å². The van der Waals surface area contributed by atoms with Gasteiger partial charge in [-0.2, -0.15) is 5.10 Å². The Kier molecular flexibility index (Phi) is 6.35. The molecule has 2 aromatic carbocycles. The Morgan fingerprint density at radius 3 is 2.48 bits per heavy atom. The van der Waals surface area contributed by atoms with Crippen LogP contribution >= 0.6 is 34.8 Å². The first-order valence-corrected chi connectivity index (χ1v) is 10.8. The highest BCUT2D eigenvalue weighted by molar-refractivity contribution is 6.36. The highest BCUT2D eigenvalue weighted by atomic mass is 35.5. The van der Waals surface area contributed by atoms with Crippen molar-refractivity contribution in [1.82, 2.24) is 14.7 Å². The number of hydrogen-bond acceptors (Lipinski definition) is 3. The molecular formula is C22H23Cl3N4. The first kappa shape index (κ1) is 20.5. The van der Waals surface area contributed by atoms with Crippen LogP contribution in [0.15, 0.2) is 60.9 Å². The lowest BCUT2D eigenvalue weighted by Gasteiger charge is -2.44. The summed E-state index contributed by atoms with van der Waals surface area (Å²) in [5.74, 6) is 0. The van der Waals surface area contributed by atoms with Crippen LogP contribution in [-0.2, 0) is 0 Å². The quantitative estimate of drug-likeness (QED) is 0.480. The lowest BCUT2D eigenvalue weighted by Crippen LogP contribution is -2.49. The maximum absolute atomic E-state index is 6.56. The molecule has 1 aromatic heterocycles. The second-order valence-electron chi connectivity index (χ2n) is 7.45. The van der Waals surface area contributed by atoms with Crippen molar-refractivity contribution in [3.8, 4) is 0 Å². The Labute approximate surface area is 186 Å². The summed E-state index contributed by atoms with van der Waals surface area (Å²) in [6.45, 7) is 5.86. The third-order valence-electron chi connectivity index (χ3n) is 5.44. The van der Waals surface area contributed by atoms with Crippen LogP contribution in [-0.4, -0.2) is 40.9 Å². The second-order valence-corrected chi connectivity index (χ2v) is 8.73. The molecular weight excluding hydrogens is 427 g/mol. The van der Waals surface area contributed by atoms with Crippen molar-refractivity contribution in [2.24, 2.45) is 0 Å². The monoisotopic (exact) mass is 448 g/mol. The molecule has 0 spiro atoms. The molecule has 0 N–H and O–H groups in total. The molecule has 3 aromatic rings. The minimum absolute atomic E-state index is 0.171. The van der Waals surface area contributed by atoms with Crippen LogP contribution in [0.2, 0.25) is 15.1 Å². The molecule has 1 fully saturated rings. The Morgan fingerprint density at radius 2 is 1.79 bits per heavy atom. The van der Waals surface area contributed by atoms with E-state index in [1.165, 1.54) is 5.56 Å². The molecule has 2 heterocycles. The highest BCUT2D eigenvalue weighted by Gasteiger charge is 2.30. The van der Waals surface area contributed by atoms with Gasteiger partial charge in [-0.05, 0) is 48.9 Å². The first-order valence-electron chi connectivity index (χ1n) is 9.70. The fourth-order valence-corrected chi connectivity index (χ4v) is 4.62. The van der Waals surface area contributed by atoms with Crippen LogP contribution in [0.5, 0.6) is 0 Å². The molecule has 1 aliphatic rings. The van der Waals surface area contributed by atoms with Crippen molar-refractivity contribution < 1.29 is 0 Å². The number of halogens is 3. The summed E-state index contributed by atoms with van der Waals surface area (Å²) in [5.41, 5.74) is 2.23. The Bertz CT molecular complexity index is 943. The molecule has 152 valence electrons. The van der Waals surface area contributed by atoms with Crippen LogP contribution in [0.25, 0.3) is 0 Å². The number of benzene rings is 2. The summed E-state index contributed by atoms with van der Waals surface area (Å²) in [5, 5.41) is 6.45. The van der Waals surface area contributed by atoms with Gasteiger partial charge in [-0.1, -0.05) is 46.9 Å². The van der Waals surface area contributed by atoms with E-state index in [1.54, 1.807) is 0 Å². The number of anilines is 1. The van der Waals surface area contributed by atoms with Crippen molar-refractivity contribution in [2.75, 3.05) is 31.1 Å². The fraction of sp³-hybridized carbons (Fsp3) is 0.318. The highest BCUT2D eigenvalue weighted by Crippen LogP contribution is 2.37. The van der Waals surface area contributed by atoms with Crippen LogP contribution < -0.4 is 4.90 Å². The van der Waals surface area contributed by atoms with Gasteiger partial charge in [0.05, 0.1) is 22.8 Å². The SMILES string of the molecule is CC(CN1CCN(c2ccc(Cl)cc2Cl)[C@H](c2ccc(Cl)cc2)C1)n1cccn1. The molecule has 1 unspecified atom stereocenters. The van der Waals surface area contributed by atoms with Gasteiger partial charge < -0.3 is 4.90 Å². The Balaban J connectivity index is 1.60. The Morgan fingerprint density at radius 1 is 1.03 bits per heavy atom. The molecule has 1 saturated heterocycles. The molecule has 29 heavy (non-hydrogen) atoms. The summed E-state index contributed by atoms with van der Waals surface area (Å²) in [7, 11) is 0. The van der Waals surface area contributed by atoms with E-state index < -0.39 is 0 Å². The summed E-state index contributed by atoms with van der Waals surface area (Å²) in [4.78, 5) is 4.86. The van der Waals surface area contributed by atoms with Crippen molar-refractivity contribution in [3.05, 3.63) is 81.6 Å². The van der Waals surface area contributed by atoms with Gasteiger partial charge in [0.25, 0.3) is 0 Å². The summed E-state index contributed by atoms with van der Waals surface area (Å²) < 4.78 is 2.01. The number of hydrogen-bond donors (Lipinski definition) is 0. The zero-order valence-electron chi connectivity index (χ0n) is 16.2. The minimum Gasteiger partial charge on any atom is -0.361 e. The van der Waals surface area contributed by atoms with Crippen LogP contribution in [0.4, 0.5) is 5.69 Å². The average molecular weight is 450 g/mol. The summed E-state index contributed by atoms with van der Waals surface area (Å²) in [6.07, 6.45) is 3.85. The van der Waals surface area contributed by atoms with E-state index in [2.05, 4.69) is 34.0 Å². The van der Waals surface area contributed by atoms with E-state index >= 15 is 0 Å². The Hall–Kier alpha value is -1.72. The van der Waals surface area contributed by atoms with Gasteiger partial charge in [0, 0.05) is 48.6 Å². The van der Waals surface area contributed by atoms with Crippen molar-refractivity contribution in [1.29, 1.82) is 0 Å². The molecule has 1 aliphatic heterocycles. The van der Waals surface area contributed by atoms with Gasteiger partial charge in [-0.15, -0.1) is 0 Å². The number of piperazine rings is 1. The number of rotatable bonds is 5.